The molecule has 0 unspecified atom stereocenters. The molecule has 1 fully saturated rings. The van der Waals surface area contributed by atoms with Crippen LogP contribution in [0.5, 0.6) is 0 Å². The monoisotopic (exact) mass is 394 g/mol. The molecular weight excluding hydrogens is 374 g/mol. The molecule has 1 aliphatic heterocycles. The van der Waals surface area contributed by atoms with E-state index in [0.29, 0.717) is 25.8 Å². The topological polar surface area (TPSA) is 66.5 Å². The Bertz CT molecular complexity index is 900. The number of carbonyl (C=O) groups is 1. The molecule has 0 saturated carbocycles. The minimum absolute atomic E-state index is 0.0325. The van der Waals surface area contributed by atoms with Crippen LogP contribution in [0.1, 0.15) is 18.4 Å². The molecule has 5 nitrogen and oxygen atoms in total. The Hall–Kier alpha value is -2.32. The number of sulfonamides is 1. The van der Waals surface area contributed by atoms with Crippen LogP contribution >= 0.6 is 0 Å². The second kappa shape index (κ2) is 8.14. The molecule has 27 heavy (non-hydrogen) atoms. The summed E-state index contributed by atoms with van der Waals surface area (Å²) in [6.45, 7) is 0.571. The zero-order valence-electron chi connectivity index (χ0n) is 14.6. The highest BCUT2D eigenvalue weighted by molar-refractivity contribution is 7.89. The fraction of sp³-hybridized carbons (Fsp3) is 0.316. The van der Waals surface area contributed by atoms with Crippen LogP contribution in [-0.2, 0) is 21.2 Å². The van der Waals surface area contributed by atoms with Crippen LogP contribution in [-0.4, -0.2) is 37.8 Å². The molecule has 2 aromatic rings. The van der Waals surface area contributed by atoms with E-state index in [1.165, 1.54) is 28.6 Å². The van der Waals surface area contributed by atoms with Crippen molar-refractivity contribution in [2.75, 3.05) is 13.1 Å². The Labute approximate surface area is 157 Å². The third kappa shape index (κ3) is 4.51. The van der Waals surface area contributed by atoms with Crippen molar-refractivity contribution in [3.63, 3.8) is 0 Å². The molecule has 1 N–H and O–H groups in total. The van der Waals surface area contributed by atoms with Gasteiger partial charge in [0.15, 0.2) is 0 Å². The quantitative estimate of drug-likeness (QED) is 0.819. The molecular formula is C19H20F2N2O3S. The smallest absolute Gasteiger partial charge is 0.243 e. The second-order valence-electron chi connectivity index (χ2n) is 6.40. The third-order valence-electron chi connectivity index (χ3n) is 4.55. The van der Waals surface area contributed by atoms with Crippen molar-refractivity contribution in [1.82, 2.24) is 9.62 Å². The molecule has 2 aromatic carbocycles. The van der Waals surface area contributed by atoms with E-state index in [4.69, 9.17) is 0 Å². The highest BCUT2D eigenvalue weighted by Gasteiger charge is 2.39. The van der Waals surface area contributed by atoms with E-state index in [-0.39, 0.29) is 23.2 Å². The number of nitrogens with zero attached hydrogens (tertiary/aromatic N) is 1. The molecule has 0 spiro atoms. The van der Waals surface area contributed by atoms with Gasteiger partial charge in [-0.05, 0) is 61.2 Å². The van der Waals surface area contributed by atoms with Crippen molar-refractivity contribution in [3.05, 3.63) is 65.7 Å². The average Bonchev–Trinajstić information content (AvgIpc) is 3.14. The van der Waals surface area contributed by atoms with E-state index < -0.39 is 21.9 Å². The number of hydrogen-bond acceptors (Lipinski definition) is 3. The molecule has 1 atom stereocenters. The van der Waals surface area contributed by atoms with Gasteiger partial charge in [-0.1, -0.05) is 12.1 Å². The standard InChI is InChI=1S/C19H20F2N2O3S/c20-15-5-3-14(4-6-15)11-12-22-19(24)18-2-1-13-23(18)27(25,26)17-9-7-16(21)8-10-17/h3-10,18H,1-2,11-13H2,(H,22,24)/t18-/m1/s1. The van der Waals surface area contributed by atoms with Crippen LogP contribution < -0.4 is 5.32 Å². The fourth-order valence-corrected chi connectivity index (χ4v) is 4.79. The Morgan fingerprint density at radius 3 is 2.26 bits per heavy atom. The summed E-state index contributed by atoms with van der Waals surface area (Å²) in [4.78, 5) is 12.5. The minimum Gasteiger partial charge on any atom is -0.354 e. The lowest BCUT2D eigenvalue weighted by atomic mass is 10.1. The van der Waals surface area contributed by atoms with Gasteiger partial charge in [-0.2, -0.15) is 4.31 Å². The van der Waals surface area contributed by atoms with Gasteiger partial charge in [0.25, 0.3) is 0 Å². The summed E-state index contributed by atoms with van der Waals surface area (Å²) in [6.07, 6.45) is 1.53. The Balaban J connectivity index is 1.63. The van der Waals surface area contributed by atoms with Crippen molar-refractivity contribution in [3.8, 4) is 0 Å². The summed E-state index contributed by atoms with van der Waals surface area (Å²) in [7, 11) is -3.87. The van der Waals surface area contributed by atoms with Crippen molar-refractivity contribution in [2.45, 2.75) is 30.2 Å². The summed E-state index contributed by atoms with van der Waals surface area (Å²) < 4.78 is 52.7. The van der Waals surface area contributed by atoms with Gasteiger partial charge in [0.05, 0.1) is 4.90 Å². The number of rotatable bonds is 6. The number of nitrogens with one attached hydrogen (secondary N) is 1. The third-order valence-corrected chi connectivity index (χ3v) is 6.48. The van der Waals surface area contributed by atoms with E-state index >= 15 is 0 Å². The first kappa shape index (κ1) is 19.4. The molecule has 0 aliphatic carbocycles. The highest BCUT2D eigenvalue weighted by Crippen LogP contribution is 2.26. The van der Waals surface area contributed by atoms with Crippen LogP contribution in [0.2, 0.25) is 0 Å². The summed E-state index contributed by atoms with van der Waals surface area (Å²) in [5.41, 5.74) is 0.874. The van der Waals surface area contributed by atoms with Gasteiger partial charge in [0.2, 0.25) is 15.9 Å². The lowest BCUT2D eigenvalue weighted by Crippen LogP contribution is -2.46. The number of halogens is 2. The van der Waals surface area contributed by atoms with Crippen LogP contribution in [0.25, 0.3) is 0 Å². The first-order valence-corrected chi connectivity index (χ1v) is 10.1. The molecule has 1 heterocycles. The molecule has 1 saturated heterocycles. The summed E-state index contributed by atoms with van der Waals surface area (Å²) in [5, 5.41) is 2.75. The summed E-state index contributed by atoms with van der Waals surface area (Å²) in [6, 6.07) is 9.77. The Morgan fingerprint density at radius 2 is 1.63 bits per heavy atom. The maximum absolute atomic E-state index is 13.1. The van der Waals surface area contributed by atoms with Crippen molar-refractivity contribution in [2.24, 2.45) is 0 Å². The lowest BCUT2D eigenvalue weighted by Gasteiger charge is -2.23. The number of benzene rings is 2. The number of carbonyl (C=O) groups excluding carboxylic acids is 1. The van der Waals surface area contributed by atoms with E-state index in [1.54, 1.807) is 12.1 Å². The highest BCUT2D eigenvalue weighted by atomic mass is 32.2. The number of hydrogen-bond donors (Lipinski definition) is 1. The fourth-order valence-electron chi connectivity index (χ4n) is 3.13. The molecule has 1 amide bonds. The predicted molar refractivity (Wildman–Crippen MR) is 96.4 cm³/mol. The SMILES string of the molecule is O=C(NCCc1ccc(F)cc1)[C@H]1CCCN1S(=O)(=O)c1ccc(F)cc1. The average molecular weight is 394 g/mol. The lowest BCUT2D eigenvalue weighted by molar-refractivity contribution is -0.124. The molecule has 3 rings (SSSR count). The van der Waals surface area contributed by atoms with Crippen molar-refractivity contribution >= 4 is 15.9 Å². The minimum atomic E-state index is -3.87. The normalized spacial score (nSPS) is 17.8. The van der Waals surface area contributed by atoms with Gasteiger partial charge in [0.1, 0.15) is 17.7 Å². The van der Waals surface area contributed by atoms with E-state index in [1.807, 2.05) is 0 Å². The number of amides is 1. The van der Waals surface area contributed by atoms with Gasteiger partial charge in [-0.15, -0.1) is 0 Å². The van der Waals surface area contributed by atoms with E-state index in [9.17, 15) is 22.0 Å². The van der Waals surface area contributed by atoms with Gasteiger partial charge >= 0.3 is 0 Å². The molecule has 144 valence electrons. The van der Waals surface area contributed by atoms with Gasteiger partial charge in [0, 0.05) is 13.1 Å². The second-order valence-corrected chi connectivity index (χ2v) is 8.29. The van der Waals surface area contributed by atoms with Gasteiger partial charge in [-0.25, -0.2) is 17.2 Å². The van der Waals surface area contributed by atoms with Crippen molar-refractivity contribution < 1.29 is 22.0 Å². The van der Waals surface area contributed by atoms with E-state index in [0.717, 1.165) is 17.7 Å². The zero-order valence-corrected chi connectivity index (χ0v) is 15.4. The molecule has 0 bridgehead atoms. The predicted octanol–water partition coefficient (Wildman–Crippen LogP) is 2.48. The van der Waals surface area contributed by atoms with Crippen LogP contribution in [0.15, 0.2) is 53.4 Å². The Morgan fingerprint density at radius 1 is 1.04 bits per heavy atom. The molecule has 0 aromatic heterocycles. The first-order valence-electron chi connectivity index (χ1n) is 8.67. The molecule has 1 aliphatic rings. The van der Waals surface area contributed by atoms with Gasteiger partial charge in [-0.3, -0.25) is 4.79 Å². The maximum Gasteiger partial charge on any atom is 0.243 e. The maximum atomic E-state index is 13.1. The van der Waals surface area contributed by atoms with E-state index in [2.05, 4.69) is 5.32 Å². The zero-order chi connectivity index (χ0) is 19.4. The van der Waals surface area contributed by atoms with Gasteiger partial charge < -0.3 is 5.32 Å². The summed E-state index contributed by atoms with van der Waals surface area (Å²) >= 11 is 0. The molecule has 0 radical (unpaired) electrons. The first-order chi connectivity index (χ1) is 12.9. The van der Waals surface area contributed by atoms with Crippen LogP contribution in [0.4, 0.5) is 8.78 Å². The molecule has 8 heteroatoms. The summed E-state index contributed by atoms with van der Waals surface area (Å²) in [5.74, 6) is -1.21. The van der Waals surface area contributed by atoms with Crippen molar-refractivity contribution in [1.29, 1.82) is 0 Å². The van der Waals surface area contributed by atoms with Crippen LogP contribution in [0, 0.1) is 11.6 Å². The van der Waals surface area contributed by atoms with Crippen LogP contribution in [0.3, 0.4) is 0 Å². The largest absolute Gasteiger partial charge is 0.354 e. The Kier molecular flexibility index (Phi) is 5.86.